The van der Waals surface area contributed by atoms with Gasteiger partial charge in [-0.2, -0.15) is 4.31 Å². The molecule has 0 spiro atoms. The van der Waals surface area contributed by atoms with Crippen molar-refractivity contribution in [3.8, 4) is 0 Å². The van der Waals surface area contributed by atoms with Crippen LogP contribution in [0.3, 0.4) is 0 Å². The SMILES string of the molecule is Cc1ccc2c(CN3CCN(S(=O)(=O)c4c(F)cccc4F)CC3)cc(=O)oc2c1. The van der Waals surface area contributed by atoms with E-state index in [1.165, 1.54) is 6.07 Å². The average molecular weight is 434 g/mol. The first-order valence-electron chi connectivity index (χ1n) is 9.45. The molecule has 30 heavy (non-hydrogen) atoms. The van der Waals surface area contributed by atoms with E-state index in [4.69, 9.17) is 4.42 Å². The Morgan fingerprint density at radius 3 is 2.33 bits per heavy atom. The standard InChI is InChI=1S/C21H20F2N2O4S/c1-14-5-6-16-15(12-20(26)29-19(16)11-14)13-24-7-9-25(10-8-24)30(27,28)21-17(22)3-2-4-18(21)23/h2-6,11-12H,7-10,13H2,1H3. The Kier molecular flexibility index (Phi) is 5.44. The molecule has 6 nitrogen and oxygen atoms in total. The molecule has 1 fully saturated rings. The number of hydrogen-bond donors (Lipinski definition) is 0. The summed E-state index contributed by atoms with van der Waals surface area (Å²) < 4.78 is 59.8. The highest BCUT2D eigenvalue weighted by atomic mass is 32.2. The van der Waals surface area contributed by atoms with Crippen LogP contribution in [0.4, 0.5) is 8.78 Å². The monoisotopic (exact) mass is 434 g/mol. The number of aryl methyl sites for hydroxylation is 1. The third-order valence-electron chi connectivity index (χ3n) is 5.23. The van der Waals surface area contributed by atoms with Crippen molar-refractivity contribution in [1.29, 1.82) is 0 Å². The van der Waals surface area contributed by atoms with Crippen LogP contribution in [0.15, 0.2) is 56.6 Å². The summed E-state index contributed by atoms with van der Waals surface area (Å²) in [6.45, 7) is 3.26. The first-order valence-corrected chi connectivity index (χ1v) is 10.9. The molecule has 1 aliphatic heterocycles. The number of fused-ring (bicyclic) bond motifs is 1. The Labute approximate surface area is 172 Å². The van der Waals surface area contributed by atoms with Crippen molar-refractivity contribution in [2.45, 2.75) is 18.4 Å². The molecular formula is C21H20F2N2O4S. The molecular weight excluding hydrogens is 414 g/mol. The maximum atomic E-state index is 14.0. The van der Waals surface area contributed by atoms with E-state index in [0.717, 1.165) is 39.0 Å². The van der Waals surface area contributed by atoms with Crippen LogP contribution in [0.25, 0.3) is 11.0 Å². The van der Waals surface area contributed by atoms with Gasteiger partial charge in [0, 0.05) is 44.2 Å². The first kappa shape index (κ1) is 20.6. The third-order valence-corrected chi connectivity index (χ3v) is 7.18. The van der Waals surface area contributed by atoms with Gasteiger partial charge in [0.2, 0.25) is 10.0 Å². The van der Waals surface area contributed by atoms with Crippen LogP contribution in [-0.2, 0) is 16.6 Å². The van der Waals surface area contributed by atoms with Gasteiger partial charge in [0.15, 0.2) is 4.90 Å². The minimum absolute atomic E-state index is 0.0919. The summed E-state index contributed by atoms with van der Waals surface area (Å²) >= 11 is 0. The normalized spacial score (nSPS) is 16.2. The van der Waals surface area contributed by atoms with Crippen molar-refractivity contribution in [3.63, 3.8) is 0 Å². The summed E-state index contributed by atoms with van der Waals surface area (Å²) in [5, 5.41) is 0.823. The van der Waals surface area contributed by atoms with Crippen LogP contribution in [0.1, 0.15) is 11.1 Å². The Morgan fingerprint density at radius 1 is 1.00 bits per heavy atom. The third kappa shape index (κ3) is 3.88. The van der Waals surface area contributed by atoms with Crippen LogP contribution >= 0.6 is 0 Å². The number of benzene rings is 2. The lowest BCUT2D eigenvalue weighted by molar-refractivity contribution is 0.181. The quantitative estimate of drug-likeness (QED) is 0.591. The second-order valence-corrected chi connectivity index (χ2v) is 9.20. The van der Waals surface area contributed by atoms with E-state index >= 15 is 0 Å². The first-order chi connectivity index (χ1) is 14.3. The van der Waals surface area contributed by atoms with Crippen molar-refractivity contribution >= 4 is 21.0 Å². The van der Waals surface area contributed by atoms with Gasteiger partial charge >= 0.3 is 5.63 Å². The summed E-state index contributed by atoms with van der Waals surface area (Å²) in [6.07, 6.45) is 0. The number of rotatable bonds is 4. The molecule has 2 heterocycles. The Morgan fingerprint density at radius 2 is 1.67 bits per heavy atom. The smallest absolute Gasteiger partial charge is 0.336 e. The van der Waals surface area contributed by atoms with E-state index in [1.54, 1.807) is 6.07 Å². The van der Waals surface area contributed by atoms with Crippen LogP contribution in [0.5, 0.6) is 0 Å². The zero-order valence-electron chi connectivity index (χ0n) is 16.3. The van der Waals surface area contributed by atoms with Gasteiger partial charge in [-0.1, -0.05) is 18.2 Å². The second kappa shape index (κ2) is 7.90. The molecule has 4 rings (SSSR count). The lowest BCUT2D eigenvalue weighted by Gasteiger charge is -2.34. The fraction of sp³-hybridized carbons (Fsp3) is 0.286. The Balaban J connectivity index is 1.52. The molecule has 9 heteroatoms. The van der Waals surface area contributed by atoms with Gasteiger partial charge in [0.25, 0.3) is 0 Å². The zero-order chi connectivity index (χ0) is 21.5. The number of halogens is 2. The molecule has 0 unspecified atom stereocenters. The number of sulfonamides is 1. The van der Waals surface area contributed by atoms with E-state index in [2.05, 4.69) is 0 Å². The lowest BCUT2D eigenvalue weighted by atomic mass is 10.1. The fourth-order valence-electron chi connectivity index (χ4n) is 3.69. The molecule has 0 N–H and O–H groups in total. The summed E-state index contributed by atoms with van der Waals surface area (Å²) in [4.78, 5) is 13.0. The number of hydrogen-bond acceptors (Lipinski definition) is 5. The van der Waals surface area contributed by atoms with E-state index in [-0.39, 0.29) is 13.1 Å². The van der Waals surface area contributed by atoms with Gasteiger partial charge in [-0.05, 0) is 36.2 Å². The van der Waals surface area contributed by atoms with Gasteiger partial charge in [0.05, 0.1) is 0 Å². The zero-order valence-corrected chi connectivity index (χ0v) is 17.1. The largest absolute Gasteiger partial charge is 0.423 e. The number of piperazine rings is 1. The van der Waals surface area contributed by atoms with Gasteiger partial charge in [0.1, 0.15) is 17.2 Å². The summed E-state index contributed by atoms with van der Waals surface area (Å²) in [5.74, 6) is -2.20. The summed E-state index contributed by atoms with van der Waals surface area (Å²) in [6, 6.07) is 10.1. The highest BCUT2D eigenvalue weighted by Gasteiger charge is 2.33. The van der Waals surface area contributed by atoms with Crippen molar-refractivity contribution in [3.05, 3.63) is 75.6 Å². The predicted octanol–water partition coefficient (Wildman–Crippen LogP) is 2.89. The topological polar surface area (TPSA) is 70.8 Å². The Hall–Kier alpha value is -2.62. The van der Waals surface area contributed by atoms with Crippen LogP contribution < -0.4 is 5.63 Å². The van der Waals surface area contributed by atoms with E-state index in [0.29, 0.717) is 25.2 Å². The molecule has 1 aromatic heterocycles. The second-order valence-electron chi connectivity index (χ2n) is 7.32. The predicted molar refractivity (Wildman–Crippen MR) is 108 cm³/mol. The minimum atomic E-state index is -4.27. The number of nitrogens with zero attached hydrogens (tertiary/aromatic N) is 2. The van der Waals surface area contributed by atoms with Gasteiger partial charge < -0.3 is 4.42 Å². The average Bonchev–Trinajstić information content (AvgIpc) is 2.67. The molecule has 1 aliphatic rings. The molecule has 0 bridgehead atoms. The van der Waals surface area contributed by atoms with Crippen molar-refractivity contribution in [2.75, 3.05) is 26.2 Å². The molecule has 158 valence electrons. The molecule has 0 atom stereocenters. The fourth-order valence-corrected chi connectivity index (χ4v) is 5.23. The lowest BCUT2D eigenvalue weighted by Crippen LogP contribution is -2.48. The van der Waals surface area contributed by atoms with Crippen molar-refractivity contribution < 1.29 is 21.6 Å². The molecule has 2 aromatic carbocycles. The van der Waals surface area contributed by atoms with Gasteiger partial charge in [-0.3, -0.25) is 4.90 Å². The summed E-state index contributed by atoms with van der Waals surface area (Å²) in [5.41, 5.74) is 1.83. The van der Waals surface area contributed by atoms with Gasteiger partial charge in [-0.25, -0.2) is 22.0 Å². The molecule has 0 amide bonds. The highest BCUT2D eigenvalue weighted by molar-refractivity contribution is 7.89. The van der Waals surface area contributed by atoms with E-state index < -0.39 is 32.2 Å². The molecule has 0 aliphatic carbocycles. The minimum Gasteiger partial charge on any atom is -0.423 e. The highest BCUT2D eigenvalue weighted by Crippen LogP contribution is 2.25. The van der Waals surface area contributed by atoms with E-state index in [9.17, 15) is 22.0 Å². The molecule has 3 aromatic rings. The van der Waals surface area contributed by atoms with Crippen molar-refractivity contribution in [1.82, 2.24) is 9.21 Å². The molecule has 0 saturated carbocycles. The summed E-state index contributed by atoms with van der Waals surface area (Å²) in [7, 11) is -4.27. The van der Waals surface area contributed by atoms with Crippen LogP contribution in [-0.4, -0.2) is 43.8 Å². The van der Waals surface area contributed by atoms with Crippen LogP contribution in [0, 0.1) is 18.6 Å². The Bertz CT molecular complexity index is 1250. The molecule has 1 saturated heterocycles. The van der Waals surface area contributed by atoms with Crippen molar-refractivity contribution in [2.24, 2.45) is 0 Å². The van der Waals surface area contributed by atoms with Gasteiger partial charge in [-0.15, -0.1) is 0 Å². The van der Waals surface area contributed by atoms with Crippen LogP contribution in [0.2, 0.25) is 0 Å². The molecule has 0 radical (unpaired) electrons. The maximum absolute atomic E-state index is 14.0. The van der Waals surface area contributed by atoms with E-state index in [1.807, 2.05) is 24.0 Å². The maximum Gasteiger partial charge on any atom is 0.336 e.